The molecule has 0 saturated carbocycles. The SMILES string of the molecule is [CH2-]C/C=C(\C)CCC1=C(C)CCCC1(C)C.[CH2-]C/C=C(\C)CCC1=C(C)CCCC1(C)C.[Cu+2]. The summed E-state index contributed by atoms with van der Waals surface area (Å²) in [6, 6.07) is 0. The largest absolute Gasteiger partial charge is 2.00 e. The van der Waals surface area contributed by atoms with Crippen LogP contribution in [0.4, 0.5) is 0 Å². The Morgan fingerprint density at radius 1 is 0.727 bits per heavy atom. The van der Waals surface area contributed by atoms with E-state index in [1.54, 1.807) is 22.3 Å². The van der Waals surface area contributed by atoms with Crippen molar-refractivity contribution < 1.29 is 17.1 Å². The van der Waals surface area contributed by atoms with E-state index < -0.39 is 0 Å². The molecule has 0 saturated heterocycles. The van der Waals surface area contributed by atoms with Crippen LogP contribution in [0.5, 0.6) is 0 Å². The molecular weight excluding hydrogens is 448 g/mol. The summed E-state index contributed by atoms with van der Waals surface area (Å²) in [7, 11) is 0. The molecule has 0 aliphatic heterocycles. The molecule has 1 heteroatoms. The fourth-order valence-corrected chi connectivity index (χ4v) is 5.79. The van der Waals surface area contributed by atoms with E-state index in [4.69, 9.17) is 0 Å². The first-order valence-electron chi connectivity index (χ1n) is 13.2. The van der Waals surface area contributed by atoms with Gasteiger partial charge in [-0.25, -0.2) is 0 Å². The third kappa shape index (κ3) is 11.2. The van der Waals surface area contributed by atoms with Crippen LogP contribution in [0.1, 0.15) is 132 Å². The molecule has 33 heavy (non-hydrogen) atoms. The van der Waals surface area contributed by atoms with Gasteiger partial charge in [-0.15, -0.1) is 12.2 Å². The zero-order valence-electron chi connectivity index (χ0n) is 23.4. The van der Waals surface area contributed by atoms with E-state index in [1.165, 1.54) is 75.4 Å². The Morgan fingerprint density at radius 3 is 1.33 bits per heavy atom. The van der Waals surface area contributed by atoms with E-state index in [0.29, 0.717) is 10.8 Å². The first-order chi connectivity index (χ1) is 14.9. The van der Waals surface area contributed by atoms with E-state index in [2.05, 4.69) is 81.4 Å². The van der Waals surface area contributed by atoms with Gasteiger partial charge < -0.3 is 13.8 Å². The smallest absolute Gasteiger partial charge is 0.340 e. The van der Waals surface area contributed by atoms with Crippen LogP contribution in [0.25, 0.3) is 0 Å². The Morgan fingerprint density at radius 2 is 1.06 bits per heavy atom. The monoisotopic (exact) mass is 501 g/mol. The van der Waals surface area contributed by atoms with E-state index in [-0.39, 0.29) is 17.1 Å². The van der Waals surface area contributed by atoms with Gasteiger partial charge in [0.15, 0.2) is 0 Å². The molecule has 193 valence electrons. The van der Waals surface area contributed by atoms with Crippen LogP contribution in [0.15, 0.2) is 45.6 Å². The summed E-state index contributed by atoms with van der Waals surface area (Å²) >= 11 is 0. The second-order valence-electron chi connectivity index (χ2n) is 11.7. The van der Waals surface area contributed by atoms with E-state index in [0.717, 1.165) is 12.8 Å². The minimum Gasteiger partial charge on any atom is -0.340 e. The molecule has 0 aromatic rings. The fourth-order valence-electron chi connectivity index (χ4n) is 5.79. The van der Waals surface area contributed by atoms with Crippen LogP contribution >= 0.6 is 0 Å². The second kappa shape index (κ2) is 15.5. The van der Waals surface area contributed by atoms with Crippen LogP contribution in [0, 0.1) is 24.7 Å². The maximum atomic E-state index is 3.88. The molecule has 0 bridgehead atoms. The molecule has 0 amide bonds. The Kier molecular flexibility index (Phi) is 15.2. The van der Waals surface area contributed by atoms with Crippen LogP contribution in [-0.4, -0.2) is 0 Å². The third-order valence-electron chi connectivity index (χ3n) is 7.90. The van der Waals surface area contributed by atoms with Crippen molar-refractivity contribution in [2.45, 2.75) is 132 Å². The van der Waals surface area contributed by atoms with Crippen molar-refractivity contribution in [2.75, 3.05) is 0 Å². The van der Waals surface area contributed by atoms with Gasteiger partial charge in [0, 0.05) is 0 Å². The zero-order valence-corrected chi connectivity index (χ0v) is 24.3. The molecule has 0 atom stereocenters. The molecule has 0 aromatic heterocycles. The summed E-state index contributed by atoms with van der Waals surface area (Å²) in [6.45, 7) is 26.5. The van der Waals surface area contributed by atoms with Gasteiger partial charge in [0.2, 0.25) is 0 Å². The fraction of sp³-hybridized carbons (Fsp3) is 0.688. The molecule has 0 unspecified atom stereocenters. The molecule has 0 nitrogen and oxygen atoms in total. The molecular formula is C32H54Cu. The number of rotatable bonds is 8. The molecule has 0 N–H and O–H groups in total. The number of hydrogen-bond acceptors (Lipinski definition) is 0. The normalized spacial score (nSPS) is 20.8. The Bertz CT molecular complexity index is 647. The predicted molar refractivity (Wildman–Crippen MR) is 147 cm³/mol. The van der Waals surface area contributed by atoms with Crippen molar-refractivity contribution in [3.63, 3.8) is 0 Å². The van der Waals surface area contributed by atoms with E-state index >= 15 is 0 Å². The van der Waals surface area contributed by atoms with Crippen LogP contribution in [-0.2, 0) is 17.1 Å². The second-order valence-corrected chi connectivity index (χ2v) is 11.7. The molecule has 1 radical (unpaired) electrons. The summed E-state index contributed by atoms with van der Waals surface area (Å²) in [5.74, 6) is 0. The predicted octanol–water partition coefficient (Wildman–Crippen LogP) is 10.9. The van der Waals surface area contributed by atoms with Gasteiger partial charge in [-0.3, -0.25) is 0 Å². The quantitative estimate of drug-likeness (QED) is 0.176. The summed E-state index contributed by atoms with van der Waals surface area (Å²) in [5.41, 5.74) is 10.6. The van der Waals surface area contributed by atoms with Crippen molar-refractivity contribution in [1.29, 1.82) is 0 Å². The molecule has 2 aliphatic carbocycles. The average Bonchev–Trinajstić information content (AvgIpc) is 2.67. The first kappa shape index (κ1) is 32.5. The van der Waals surface area contributed by atoms with Crippen molar-refractivity contribution in [3.8, 4) is 0 Å². The van der Waals surface area contributed by atoms with E-state index in [1.807, 2.05) is 0 Å². The van der Waals surface area contributed by atoms with E-state index in [9.17, 15) is 0 Å². The number of allylic oxidation sites excluding steroid dienone is 8. The summed E-state index contributed by atoms with van der Waals surface area (Å²) in [5, 5.41) is 0. The zero-order chi connectivity index (χ0) is 24.4. The maximum absolute atomic E-state index is 3.88. The van der Waals surface area contributed by atoms with Crippen LogP contribution < -0.4 is 0 Å². The Balaban J connectivity index is 0.000000602. The molecule has 2 rings (SSSR count). The van der Waals surface area contributed by atoms with Gasteiger partial charge >= 0.3 is 17.1 Å². The minimum absolute atomic E-state index is 0. The van der Waals surface area contributed by atoms with Gasteiger partial charge in [0.25, 0.3) is 0 Å². The summed E-state index contributed by atoms with van der Waals surface area (Å²) in [6.07, 6.45) is 19.4. The molecule has 0 spiro atoms. The van der Waals surface area contributed by atoms with Gasteiger partial charge in [0.05, 0.1) is 0 Å². The van der Waals surface area contributed by atoms with Gasteiger partial charge in [-0.1, -0.05) is 61.1 Å². The Labute approximate surface area is 219 Å². The minimum atomic E-state index is 0. The van der Waals surface area contributed by atoms with Crippen molar-refractivity contribution in [2.24, 2.45) is 10.8 Å². The van der Waals surface area contributed by atoms with Gasteiger partial charge in [-0.2, -0.15) is 12.8 Å². The van der Waals surface area contributed by atoms with Crippen LogP contribution in [0.3, 0.4) is 0 Å². The van der Waals surface area contributed by atoms with Crippen LogP contribution in [0.2, 0.25) is 0 Å². The topological polar surface area (TPSA) is 0 Å². The maximum Gasteiger partial charge on any atom is 2.00 e. The Hall–Kier alpha value is -0.521. The summed E-state index contributed by atoms with van der Waals surface area (Å²) < 4.78 is 0. The van der Waals surface area contributed by atoms with Crippen molar-refractivity contribution >= 4 is 0 Å². The van der Waals surface area contributed by atoms with Gasteiger partial charge in [-0.05, 0) is 103 Å². The van der Waals surface area contributed by atoms with Crippen molar-refractivity contribution in [3.05, 3.63) is 59.4 Å². The van der Waals surface area contributed by atoms with Gasteiger partial charge in [0.1, 0.15) is 0 Å². The third-order valence-corrected chi connectivity index (χ3v) is 7.90. The number of hydrogen-bond donors (Lipinski definition) is 0. The molecule has 2 aliphatic rings. The first-order valence-corrected chi connectivity index (χ1v) is 13.2. The average molecular weight is 502 g/mol. The molecule has 0 aromatic carbocycles. The molecule has 0 heterocycles. The standard InChI is InChI=1S/2C16H27.Cu/c2*1-6-8-13(2)10-11-15-14(3)9-7-12-16(15,4)5;/h2*8H,1,6-7,9-12H2,2-5H3;/q2*-1;+2/b2*13-8+;. The molecule has 0 fully saturated rings. The van der Waals surface area contributed by atoms with Crippen molar-refractivity contribution in [1.82, 2.24) is 0 Å². The summed E-state index contributed by atoms with van der Waals surface area (Å²) in [4.78, 5) is 0.